The Hall–Kier alpha value is -1.83. The number of benzene rings is 1. The van der Waals surface area contributed by atoms with Gasteiger partial charge in [-0.15, -0.1) is 0 Å². The topological polar surface area (TPSA) is 61.5 Å². The van der Waals surface area contributed by atoms with Gasteiger partial charge in [0.1, 0.15) is 6.73 Å². The summed E-state index contributed by atoms with van der Waals surface area (Å²) in [5, 5.41) is 6.84. The summed E-state index contributed by atoms with van der Waals surface area (Å²) in [7, 11) is 0. The van der Waals surface area contributed by atoms with Crippen LogP contribution in [0.2, 0.25) is 0 Å². The van der Waals surface area contributed by atoms with E-state index in [2.05, 4.69) is 50.3 Å². The second-order valence-electron chi connectivity index (χ2n) is 6.76. The minimum Gasteiger partial charge on any atom is -0.307 e. The minimum absolute atomic E-state index is 0.392. The molecule has 2 aromatic rings. The van der Waals surface area contributed by atoms with Gasteiger partial charge in [-0.2, -0.15) is 5.48 Å². The van der Waals surface area contributed by atoms with Crippen molar-refractivity contribution in [3.63, 3.8) is 0 Å². The number of aromatic nitrogens is 1. The Kier molecular flexibility index (Phi) is 5.34. The molecule has 0 saturated carbocycles. The summed E-state index contributed by atoms with van der Waals surface area (Å²) in [6.07, 6.45) is 1.83. The monoisotopic (exact) mass is 339 g/mol. The molecule has 2 aliphatic rings. The number of hydroxylamine groups is 1. The van der Waals surface area contributed by atoms with E-state index in [0.29, 0.717) is 18.8 Å². The van der Waals surface area contributed by atoms with E-state index >= 15 is 0 Å². The van der Waals surface area contributed by atoms with Crippen LogP contribution in [0.25, 0.3) is 0 Å². The molecule has 3 N–H and O–H groups in total. The predicted molar refractivity (Wildman–Crippen MR) is 96.3 cm³/mol. The number of rotatable bonds is 6. The smallest absolute Gasteiger partial charge is 0.119 e. The molecule has 6 nitrogen and oxygen atoms in total. The zero-order chi connectivity index (χ0) is 16.9. The highest BCUT2D eigenvalue weighted by Gasteiger charge is 2.34. The highest BCUT2D eigenvalue weighted by atomic mass is 16.7. The van der Waals surface area contributed by atoms with Gasteiger partial charge in [-0.25, -0.2) is 0 Å². The molecule has 0 radical (unpaired) electrons. The van der Waals surface area contributed by atoms with Crippen molar-refractivity contribution in [2.75, 3.05) is 19.8 Å². The zero-order valence-electron chi connectivity index (χ0n) is 14.3. The molecule has 1 aromatic heterocycles. The van der Waals surface area contributed by atoms with Crippen LogP contribution in [0, 0.1) is 0 Å². The number of hydrogen-bond donors (Lipinski definition) is 3. The lowest BCUT2D eigenvalue weighted by Crippen LogP contribution is -2.53. The van der Waals surface area contributed by atoms with E-state index < -0.39 is 0 Å². The van der Waals surface area contributed by atoms with Gasteiger partial charge in [0.05, 0.1) is 11.7 Å². The molecule has 0 amide bonds. The molecule has 4 rings (SSSR count). The summed E-state index contributed by atoms with van der Waals surface area (Å²) in [6, 6.07) is 15.8. The molecule has 2 atom stereocenters. The normalized spacial score (nSPS) is 23.5. The van der Waals surface area contributed by atoms with Crippen molar-refractivity contribution in [1.82, 2.24) is 26.0 Å². The Morgan fingerprint density at radius 2 is 1.88 bits per heavy atom. The largest absolute Gasteiger partial charge is 0.307 e. The molecule has 1 aromatic carbocycles. The van der Waals surface area contributed by atoms with Gasteiger partial charge in [0.2, 0.25) is 0 Å². The van der Waals surface area contributed by atoms with Gasteiger partial charge >= 0.3 is 0 Å². The maximum absolute atomic E-state index is 5.27. The second kappa shape index (κ2) is 8.03. The Bertz CT molecular complexity index is 649. The lowest BCUT2D eigenvalue weighted by molar-refractivity contribution is -0.0347. The molecule has 25 heavy (non-hydrogen) atoms. The number of likely N-dealkylation sites (tertiary alicyclic amines) is 1. The van der Waals surface area contributed by atoms with Gasteiger partial charge in [0.15, 0.2) is 0 Å². The number of nitrogens with one attached hydrogen (secondary N) is 3. The van der Waals surface area contributed by atoms with Crippen LogP contribution in [-0.2, 0) is 24.5 Å². The summed E-state index contributed by atoms with van der Waals surface area (Å²) in [5.74, 6) is 0. The summed E-state index contributed by atoms with van der Waals surface area (Å²) in [5.41, 5.74) is 6.85. The third kappa shape index (κ3) is 4.42. The van der Waals surface area contributed by atoms with Crippen LogP contribution < -0.4 is 16.1 Å². The fourth-order valence-corrected chi connectivity index (χ4v) is 3.50. The second-order valence-corrected chi connectivity index (χ2v) is 6.76. The molecule has 6 heteroatoms. The predicted octanol–water partition coefficient (Wildman–Crippen LogP) is 1.01. The van der Waals surface area contributed by atoms with Crippen molar-refractivity contribution >= 4 is 0 Å². The van der Waals surface area contributed by atoms with Crippen LogP contribution >= 0.6 is 0 Å². The van der Waals surface area contributed by atoms with E-state index in [1.165, 1.54) is 11.1 Å². The maximum atomic E-state index is 5.27. The quantitative estimate of drug-likeness (QED) is 0.730. The van der Waals surface area contributed by atoms with Crippen molar-refractivity contribution in [1.29, 1.82) is 0 Å². The van der Waals surface area contributed by atoms with Crippen molar-refractivity contribution in [2.24, 2.45) is 0 Å². The van der Waals surface area contributed by atoms with E-state index in [1.54, 1.807) is 0 Å². The average Bonchev–Trinajstić information content (AvgIpc) is 3.06. The van der Waals surface area contributed by atoms with E-state index in [9.17, 15) is 0 Å². The van der Waals surface area contributed by atoms with E-state index in [1.807, 2.05) is 24.4 Å². The Morgan fingerprint density at radius 1 is 1.04 bits per heavy atom. The molecule has 132 valence electrons. The van der Waals surface area contributed by atoms with Crippen LogP contribution in [-0.4, -0.2) is 41.8 Å². The molecule has 2 saturated heterocycles. The molecule has 0 bridgehead atoms. The number of hydrogen-bond acceptors (Lipinski definition) is 6. The molecule has 0 aliphatic carbocycles. The lowest BCUT2D eigenvalue weighted by Gasteiger charge is -2.26. The standard InChI is InChI=1S/C19H25N5O/c1-2-8-21-17(3-1)10-20-9-15-4-6-16(7-5-15)11-24-12-18-19(13-24)23-25-14-22-18/h1-8,18-20,22-23H,9-14H2. The van der Waals surface area contributed by atoms with E-state index in [4.69, 9.17) is 4.84 Å². The van der Waals surface area contributed by atoms with Crippen LogP contribution in [0.15, 0.2) is 48.7 Å². The molecule has 3 heterocycles. The first-order chi connectivity index (χ1) is 12.4. The van der Waals surface area contributed by atoms with Gasteiger partial charge in [-0.05, 0) is 23.3 Å². The third-order valence-corrected chi connectivity index (χ3v) is 4.84. The average molecular weight is 339 g/mol. The molecule has 2 aliphatic heterocycles. The number of fused-ring (bicyclic) bond motifs is 1. The van der Waals surface area contributed by atoms with Crippen molar-refractivity contribution in [3.8, 4) is 0 Å². The zero-order valence-corrected chi connectivity index (χ0v) is 14.3. The first kappa shape index (κ1) is 16.6. The molecule has 2 unspecified atom stereocenters. The lowest BCUT2D eigenvalue weighted by atomic mass is 10.1. The molecule has 2 fully saturated rings. The fraction of sp³-hybridized carbons (Fsp3) is 0.421. The molecular weight excluding hydrogens is 314 g/mol. The van der Waals surface area contributed by atoms with E-state index in [0.717, 1.165) is 38.4 Å². The minimum atomic E-state index is 0.392. The highest BCUT2D eigenvalue weighted by molar-refractivity contribution is 5.23. The SMILES string of the molecule is c1ccc(CNCc2ccc(CN3CC4NCONC4C3)cc2)nc1. The number of pyridine rings is 1. The Morgan fingerprint density at radius 3 is 2.68 bits per heavy atom. The maximum Gasteiger partial charge on any atom is 0.119 e. The Labute approximate surface area is 148 Å². The summed E-state index contributed by atoms with van der Waals surface area (Å²) >= 11 is 0. The van der Waals surface area contributed by atoms with Crippen molar-refractivity contribution < 1.29 is 4.84 Å². The van der Waals surface area contributed by atoms with Crippen molar-refractivity contribution in [3.05, 3.63) is 65.5 Å². The first-order valence-corrected chi connectivity index (χ1v) is 8.88. The molecular formula is C19H25N5O. The first-order valence-electron chi connectivity index (χ1n) is 8.88. The third-order valence-electron chi connectivity index (χ3n) is 4.84. The van der Waals surface area contributed by atoms with Gasteiger partial charge in [0, 0.05) is 45.0 Å². The van der Waals surface area contributed by atoms with Crippen LogP contribution in [0.1, 0.15) is 16.8 Å². The van der Waals surface area contributed by atoms with Gasteiger partial charge in [-0.3, -0.25) is 20.0 Å². The summed E-state index contributed by atoms with van der Waals surface area (Å²) in [6.45, 7) is 5.31. The van der Waals surface area contributed by atoms with Crippen LogP contribution in [0.5, 0.6) is 0 Å². The summed E-state index contributed by atoms with van der Waals surface area (Å²) in [4.78, 5) is 12.1. The Balaban J connectivity index is 1.24. The van der Waals surface area contributed by atoms with Gasteiger partial charge < -0.3 is 5.32 Å². The van der Waals surface area contributed by atoms with Gasteiger partial charge in [0.25, 0.3) is 0 Å². The van der Waals surface area contributed by atoms with Crippen molar-refractivity contribution in [2.45, 2.75) is 31.7 Å². The molecule has 0 spiro atoms. The van der Waals surface area contributed by atoms with E-state index in [-0.39, 0.29) is 0 Å². The van der Waals surface area contributed by atoms with Crippen LogP contribution in [0.4, 0.5) is 0 Å². The number of nitrogens with zero attached hydrogens (tertiary/aromatic N) is 2. The highest BCUT2D eigenvalue weighted by Crippen LogP contribution is 2.16. The van der Waals surface area contributed by atoms with Gasteiger partial charge in [-0.1, -0.05) is 30.3 Å². The fourth-order valence-electron chi connectivity index (χ4n) is 3.50. The van der Waals surface area contributed by atoms with Crippen LogP contribution in [0.3, 0.4) is 0 Å². The summed E-state index contributed by atoms with van der Waals surface area (Å²) < 4.78 is 0.